The number of halogens is 1. The first kappa shape index (κ1) is 14.8. The number of nitrogens with one attached hydrogen (secondary N) is 1. The van der Waals surface area contributed by atoms with Gasteiger partial charge in [-0.25, -0.2) is 9.98 Å². The Hall–Kier alpha value is -1.29. The molecule has 0 aliphatic rings. The van der Waals surface area contributed by atoms with Crippen LogP contribution in [0.25, 0.3) is 0 Å². The van der Waals surface area contributed by atoms with Crippen molar-refractivity contribution in [3.8, 4) is 0 Å². The number of pyridine rings is 1. The van der Waals surface area contributed by atoms with E-state index in [1.165, 1.54) is 19.3 Å². The molecule has 0 unspecified atom stereocenters. The van der Waals surface area contributed by atoms with E-state index in [1.54, 1.807) is 12.3 Å². The maximum Gasteiger partial charge on any atom is 0.188 e. The first-order chi connectivity index (χ1) is 8.72. The van der Waals surface area contributed by atoms with Gasteiger partial charge in [0.2, 0.25) is 0 Å². The molecule has 0 aromatic carbocycles. The lowest BCUT2D eigenvalue weighted by Crippen LogP contribution is -2.32. The van der Waals surface area contributed by atoms with E-state index in [9.17, 15) is 0 Å². The zero-order valence-electron chi connectivity index (χ0n) is 10.8. The van der Waals surface area contributed by atoms with Crippen LogP contribution in [0, 0.1) is 0 Å². The Morgan fingerprint density at radius 3 is 2.89 bits per heavy atom. The Kier molecular flexibility index (Phi) is 7.18. The molecule has 0 aliphatic heterocycles. The van der Waals surface area contributed by atoms with E-state index in [-0.39, 0.29) is 0 Å². The molecule has 1 aromatic rings. The molecule has 0 spiro atoms. The predicted molar refractivity (Wildman–Crippen MR) is 76.7 cm³/mol. The molecule has 0 bridgehead atoms. The Labute approximate surface area is 114 Å². The number of hydrogen-bond acceptors (Lipinski definition) is 2. The second-order valence-electron chi connectivity index (χ2n) is 4.18. The number of aliphatic imine (C=N–C) groups is 1. The molecule has 4 nitrogen and oxygen atoms in total. The zero-order valence-corrected chi connectivity index (χ0v) is 11.6. The number of guanidine groups is 1. The summed E-state index contributed by atoms with van der Waals surface area (Å²) in [6.07, 6.45) is 6.59. The average molecular weight is 269 g/mol. The molecule has 3 N–H and O–H groups in total. The van der Waals surface area contributed by atoms with Gasteiger partial charge in [-0.2, -0.15) is 0 Å². The summed E-state index contributed by atoms with van der Waals surface area (Å²) in [6.45, 7) is 3.61. The lowest BCUT2D eigenvalue weighted by molar-refractivity contribution is 0.652. The normalized spacial score (nSPS) is 11.6. The van der Waals surface area contributed by atoms with Gasteiger partial charge in [-0.3, -0.25) is 0 Å². The summed E-state index contributed by atoms with van der Waals surface area (Å²) >= 11 is 5.70. The van der Waals surface area contributed by atoms with Crippen molar-refractivity contribution in [2.45, 2.75) is 39.2 Å². The van der Waals surface area contributed by atoms with Gasteiger partial charge in [0.25, 0.3) is 0 Å². The SMILES string of the molecule is CCCCCCNC(N)=NCc1ccc(Cl)nc1. The third kappa shape index (κ3) is 6.45. The predicted octanol–water partition coefficient (Wildman–Crippen LogP) is 2.72. The minimum Gasteiger partial charge on any atom is -0.370 e. The van der Waals surface area contributed by atoms with Gasteiger partial charge in [-0.05, 0) is 18.1 Å². The first-order valence-electron chi connectivity index (χ1n) is 6.36. The molecule has 0 amide bonds. The van der Waals surface area contributed by atoms with E-state index in [0.717, 1.165) is 18.5 Å². The topological polar surface area (TPSA) is 63.3 Å². The van der Waals surface area contributed by atoms with E-state index in [1.807, 2.05) is 6.07 Å². The quantitative estimate of drug-likeness (QED) is 0.346. The van der Waals surface area contributed by atoms with Crippen molar-refractivity contribution in [1.29, 1.82) is 0 Å². The van der Waals surface area contributed by atoms with E-state index in [0.29, 0.717) is 17.7 Å². The van der Waals surface area contributed by atoms with Gasteiger partial charge in [0, 0.05) is 12.7 Å². The van der Waals surface area contributed by atoms with Gasteiger partial charge in [-0.1, -0.05) is 43.9 Å². The van der Waals surface area contributed by atoms with Crippen LogP contribution in [-0.2, 0) is 6.54 Å². The Bertz CT molecular complexity index is 362. The van der Waals surface area contributed by atoms with E-state index < -0.39 is 0 Å². The van der Waals surface area contributed by atoms with Crippen LogP contribution in [0.5, 0.6) is 0 Å². The first-order valence-corrected chi connectivity index (χ1v) is 6.74. The van der Waals surface area contributed by atoms with Gasteiger partial charge >= 0.3 is 0 Å². The lowest BCUT2D eigenvalue weighted by atomic mass is 10.2. The molecule has 18 heavy (non-hydrogen) atoms. The Morgan fingerprint density at radius 2 is 2.22 bits per heavy atom. The van der Waals surface area contributed by atoms with Gasteiger partial charge < -0.3 is 11.1 Å². The van der Waals surface area contributed by atoms with Crippen LogP contribution in [0.15, 0.2) is 23.3 Å². The van der Waals surface area contributed by atoms with Crippen molar-refractivity contribution in [3.63, 3.8) is 0 Å². The van der Waals surface area contributed by atoms with Crippen LogP contribution in [0.2, 0.25) is 5.15 Å². The molecule has 1 aromatic heterocycles. The highest BCUT2D eigenvalue weighted by atomic mass is 35.5. The Morgan fingerprint density at radius 1 is 1.39 bits per heavy atom. The molecular formula is C13H21ClN4. The molecule has 0 saturated heterocycles. The second kappa shape index (κ2) is 8.75. The molecule has 0 saturated carbocycles. The van der Waals surface area contributed by atoms with Gasteiger partial charge in [0.05, 0.1) is 6.54 Å². The zero-order chi connectivity index (χ0) is 13.2. The number of aromatic nitrogens is 1. The highest BCUT2D eigenvalue weighted by molar-refractivity contribution is 6.29. The van der Waals surface area contributed by atoms with Crippen molar-refractivity contribution in [3.05, 3.63) is 29.0 Å². The summed E-state index contributed by atoms with van der Waals surface area (Å²) in [4.78, 5) is 8.23. The maximum absolute atomic E-state index is 5.76. The minimum absolute atomic E-state index is 0.487. The molecule has 0 radical (unpaired) electrons. The summed E-state index contributed by atoms with van der Waals surface area (Å²) in [7, 11) is 0. The van der Waals surface area contributed by atoms with E-state index in [4.69, 9.17) is 17.3 Å². The van der Waals surface area contributed by atoms with Crippen LogP contribution >= 0.6 is 11.6 Å². The number of nitrogens with zero attached hydrogens (tertiary/aromatic N) is 2. The Balaban J connectivity index is 2.22. The molecule has 0 aliphatic carbocycles. The summed E-state index contributed by atoms with van der Waals surface area (Å²) < 4.78 is 0. The molecule has 5 heteroatoms. The van der Waals surface area contributed by atoms with Crippen LogP contribution in [0.4, 0.5) is 0 Å². The minimum atomic E-state index is 0.487. The van der Waals surface area contributed by atoms with Crippen molar-refractivity contribution < 1.29 is 0 Å². The van der Waals surface area contributed by atoms with Gasteiger partial charge in [0.15, 0.2) is 5.96 Å². The van der Waals surface area contributed by atoms with E-state index >= 15 is 0 Å². The molecule has 0 atom stereocenters. The number of unbranched alkanes of at least 4 members (excludes halogenated alkanes) is 3. The van der Waals surface area contributed by atoms with Crippen molar-refractivity contribution in [1.82, 2.24) is 10.3 Å². The van der Waals surface area contributed by atoms with Crippen LogP contribution < -0.4 is 11.1 Å². The van der Waals surface area contributed by atoms with E-state index in [2.05, 4.69) is 22.2 Å². The molecule has 100 valence electrons. The van der Waals surface area contributed by atoms with Gasteiger partial charge in [0.1, 0.15) is 5.15 Å². The monoisotopic (exact) mass is 268 g/mol. The third-order valence-electron chi connectivity index (χ3n) is 2.56. The standard InChI is InChI=1S/C13H21ClN4/c1-2-3-4-5-8-16-13(15)18-10-11-6-7-12(14)17-9-11/h6-7,9H,2-5,8,10H2,1H3,(H3,15,16,18). The highest BCUT2D eigenvalue weighted by Gasteiger charge is 1.95. The maximum atomic E-state index is 5.76. The fourth-order valence-electron chi connectivity index (χ4n) is 1.50. The smallest absolute Gasteiger partial charge is 0.188 e. The van der Waals surface area contributed by atoms with Crippen LogP contribution in [0.1, 0.15) is 38.2 Å². The fraction of sp³-hybridized carbons (Fsp3) is 0.538. The number of hydrogen-bond donors (Lipinski definition) is 2. The lowest BCUT2D eigenvalue weighted by Gasteiger charge is -2.05. The van der Waals surface area contributed by atoms with Crippen LogP contribution in [-0.4, -0.2) is 17.5 Å². The van der Waals surface area contributed by atoms with Crippen molar-refractivity contribution >= 4 is 17.6 Å². The molecule has 1 rings (SSSR count). The van der Waals surface area contributed by atoms with Crippen molar-refractivity contribution in [2.75, 3.05) is 6.54 Å². The number of rotatable bonds is 7. The average Bonchev–Trinajstić information content (AvgIpc) is 2.38. The van der Waals surface area contributed by atoms with Crippen molar-refractivity contribution in [2.24, 2.45) is 10.7 Å². The summed E-state index contributed by atoms with van der Waals surface area (Å²) in [5, 5.41) is 3.59. The molecular weight excluding hydrogens is 248 g/mol. The third-order valence-corrected chi connectivity index (χ3v) is 2.78. The second-order valence-corrected chi connectivity index (χ2v) is 4.57. The molecule has 0 fully saturated rings. The fourth-order valence-corrected chi connectivity index (χ4v) is 1.61. The van der Waals surface area contributed by atoms with Gasteiger partial charge in [-0.15, -0.1) is 0 Å². The van der Waals surface area contributed by atoms with Crippen LogP contribution in [0.3, 0.4) is 0 Å². The number of nitrogens with two attached hydrogens (primary N) is 1. The summed E-state index contributed by atoms with van der Waals surface area (Å²) in [6, 6.07) is 3.65. The summed E-state index contributed by atoms with van der Waals surface area (Å²) in [5.41, 5.74) is 6.75. The summed E-state index contributed by atoms with van der Waals surface area (Å²) in [5.74, 6) is 0.487. The molecule has 1 heterocycles. The highest BCUT2D eigenvalue weighted by Crippen LogP contribution is 2.05. The largest absolute Gasteiger partial charge is 0.370 e.